The quantitative estimate of drug-likeness (QED) is 0.614. The Kier molecular flexibility index (Phi) is 9.02. The van der Waals surface area contributed by atoms with Crippen molar-refractivity contribution in [2.24, 2.45) is 5.92 Å². The second-order valence-electron chi connectivity index (χ2n) is 5.81. The molecule has 0 radical (unpaired) electrons. The first-order valence-electron chi connectivity index (χ1n) is 7.85. The van der Waals surface area contributed by atoms with Crippen LogP contribution in [-0.4, -0.2) is 24.9 Å². The molecule has 1 aromatic carbocycles. The van der Waals surface area contributed by atoms with E-state index in [0.717, 1.165) is 37.8 Å². The van der Waals surface area contributed by atoms with E-state index in [0.29, 0.717) is 24.8 Å². The summed E-state index contributed by atoms with van der Waals surface area (Å²) < 4.78 is 19.2. The highest BCUT2D eigenvalue weighted by molar-refractivity contribution is 5.29. The van der Waals surface area contributed by atoms with Gasteiger partial charge in [-0.15, -0.1) is 0 Å². The summed E-state index contributed by atoms with van der Waals surface area (Å²) >= 11 is 0. The van der Waals surface area contributed by atoms with E-state index in [1.54, 1.807) is 6.07 Å². The third kappa shape index (κ3) is 8.68. The van der Waals surface area contributed by atoms with Gasteiger partial charge in [-0.1, -0.05) is 20.3 Å². The van der Waals surface area contributed by atoms with Crippen LogP contribution in [0.2, 0.25) is 0 Å². The Balaban J connectivity index is 2.34. The average Bonchev–Trinajstić information content (AvgIpc) is 2.42. The standard InChI is InChI=1S/C17H28FNO2/c1-14(2)12-19-13-15-9-16(18)11-17(10-15)21-8-6-4-3-5-7-20/h9-11,14,19-20H,3-8,12-13H2,1-2H3. The van der Waals surface area contributed by atoms with Crippen molar-refractivity contribution >= 4 is 0 Å². The van der Waals surface area contributed by atoms with Gasteiger partial charge in [0.25, 0.3) is 0 Å². The lowest BCUT2D eigenvalue weighted by Gasteiger charge is -2.10. The predicted octanol–water partition coefficient (Wildman–Crippen LogP) is 3.50. The molecule has 0 amide bonds. The van der Waals surface area contributed by atoms with Gasteiger partial charge in [0.05, 0.1) is 6.61 Å². The molecule has 0 saturated heterocycles. The molecule has 0 heterocycles. The molecule has 2 N–H and O–H groups in total. The zero-order valence-electron chi connectivity index (χ0n) is 13.2. The molecule has 0 atom stereocenters. The summed E-state index contributed by atoms with van der Waals surface area (Å²) in [5, 5.41) is 12.0. The minimum atomic E-state index is -0.255. The highest BCUT2D eigenvalue weighted by Crippen LogP contribution is 2.17. The minimum absolute atomic E-state index is 0.248. The van der Waals surface area contributed by atoms with E-state index >= 15 is 0 Å². The third-order valence-electron chi connectivity index (χ3n) is 3.13. The summed E-state index contributed by atoms with van der Waals surface area (Å²) in [5.74, 6) is 0.917. The van der Waals surface area contributed by atoms with Crippen molar-refractivity contribution in [2.75, 3.05) is 19.8 Å². The number of aliphatic hydroxyl groups excluding tert-OH is 1. The summed E-state index contributed by atoms with van der Waals surface area (Å²) in [5.41, 5.74) is 0.908. The van der Waals surface area contributed by atoms with Crippen molar-refractivity contribution in [3.05, 3.63) is 29.6 Å². The number of unbranched alkanes of at least 4 members (excludes halogenated alkanes) is 3. The number of halogens is 1. The Hall–Kier alpha value is -1.13. The van der Waals surface area contributed by atoms with Crippen LogP contribution in [0.3, 0.4) is 0 Å². The fraction of sp³-hybridized carbons (Fsp3) is 0.647. The van der Waals surface area contributed by atoms with Crippen LogP contribution in [-0.2, 0) is 6.54 Å². The van der Waals surface area contributed by atoms with Gasteiger partial charge in [-0.05, 0) is 49.4 Å². The van der Waals surface area contributed by atoms with Crippen molar-refractivity contribution in [2.45, 2.75) is 46.1 Å². The van der Waals surface area contributed by atoms with E-state index in [4.69, 9.17) is 9.84 Å². The van der Waals surface area contributed by atoms with Crippen LogP contribution >= 0.6 is 0 Å². The SMILES string of the molecule is CC(C)CNCc1cc(F)cc(OCCCCCCO)c1. The maximum Gasteiger partial charge on any atom is 0.127 e. The Morgan fingerprint density at radius 1 is 1.14 bits per heavy atom. The highest BCUT2D eigenvalue weighted by Gasteiger charge is 2.03. The first kappa shape index (κ1) is 17.9. The van der Waals surface area contributed by atoms with E-state index < -0.39 is 0 Å². The van der Waals surface area contributed by atoms with E-state index in [1.165, 1.54) is 6.07 Å². The van der Waals surface area contributed by atoms with Gasteiger partial charge in [0.1, 0.15) is 11.6 Å². The number of hydrogen-bond acceptors (Lipinski definition) is 3. The molecule has 0 bridgehead atoms. The molecule has 0 unspecified atom stereocenters. The molecule has 0 saturated carbocycles. The summed E-state index contributed by atoms with van der Waals surface area (Å²) in [7, 11) is 0. The average molecular weight is 297 g/mol. The molecule has 0 aliphatic heterocycles. The fourth-order valence-corrected chi connectivity index (χ4v) is 2.07. The normalized spacial score (nSPS) is 11.1. The van der Waals surface area contributed by atoms with Gasteiger partial charge in [-0.3, -0.25) is 0 Å². The van der Waals surface area contributed by atoms with Crippen molar-refractivity contribution in [3.63, 3.8) is 0 Å². The molecule has 120 valence electrons. The highest BCUT2D eigenvalue weighted by atomic mass is 19.1. The number of rotatable bonds is 11. The number of hydrogen-bond donors (Lipinski definition) is 2. The molecular weight excluding hydrogens is 269 g/mol. The van der Waals surface area contributed by atoms with Gasteiger partial charge in [-0.25, -0.2) is 4.39 Å². The second kappa shape index (κ2) is 10.6. The van der Waals surface area contributed by atoms with Crippen molar-refractivity contribution in [1.29, 1.82) is 0 Å². The molecule has 0 spiro atoms. The predicted molar refractivity (Wildman–Crippen MR) is 84.0 cm³/mol. The van der Waals surface area contributed by atoms with Gasteiger partial charge < -0.3 is 15.2 Å². The first-order chi connectivity index (χ1) is 10.1. The number of nitrogens with one attached hydrogen (secondary N) is 1. The zero-order valence-corrected chi connectivity index (χ0v) is 13.2. The molecular formula is C17H28FNO2. The maximum atomic E-state index is 13.6. The first-order valence-corrected chi connectivity index (χ1v) is 7.85. The van der Waals surface area contributed by atoms with Crippen molar-refractivity contribution in [3.8, 4) is 5.75 Å². The van der Waals surface area contributed by atoms with Crippen LogP contribution < -0.4 is 10.1 Å². The summed E-state index contributed by atoms with van der Waals surface area (Å²) in [4.78, 5) is 0. The summed E-state index contributed by atoms with van der Waals surface area (Å²) in [6.45, 7) is 6.69. The van der Waals surface area contributed by atoms with Crippen LogP contribution in [0.15, 0.2) is 18.2 Å². The molecule has 1 aromatic rings. The van der Waals surface area contributed by atoms with Crippen LogP contribution in [0.1, 0.15) is 45.1 Å². The van der Waals surface area contributed by atoms with E-state index in [9.17, 15) is 4.39 Å². The Morgan fingerprint density at radius 3 is 2.62 bits per heavy atom. The Labute approximate surface area is 127 Å². The monoisotopic (exact) mass is 297 g/mol. The molecule has 0 fully saturated rings. The number of benzene rings is 1. The topological polar surface area (TPSA) is 41.5 Å². The fourth-order valence-electron chi connectivity index (χ4n) is 2.07. The summed E-state index contributed by atoms with van der Waals surface area (Å²) in [6, 6.07) is 4.87. The van der Waals surface area contributed by atoms with Crippen LogP contribution in [0.25, 0.3) is 0 Å². The van der Waals surface area contributed by atoms with Crippen molar-refractivity contribution < 1.29 is 14.2 Å². The van der Waals surface area contributed by atoms with Gasteiger partial charge in [0.15, 0.2) is 0 Å². The summed E-state index contributed by atoms with van der Waals surface area (Å²) in [6.07, 6.45) is 3.80. The molecule has 0 aromatic heterocycles. The molecule has 0 aliphatic rings. The van der Waals surface area contributed by atoms with E-state index in [1.807, 2.05) is 6.07 Å². The lowest BCUT2D eigenvalue weighted by molar-refractivity contribution is 0.273. The molecule has 21 heavy (non-hydrogen) atoms. The molecule has 4 heteroatoms. The lowest BCUT2D eigenvalue weighted by Crippen LogP contribution is -2.19. The lowest BCUT2D eigenvalue weighted by atomic mass is 10.2. The zero-order chi connectivity index (χ0) is 15.5. The number of aliphatic hydroxyl groups is 1. The van der Waals surface area contributed by atoms with Gasteiger partial charge in [-0.2, -0.15) is 0 Å². The Bertz CT molecular complexity index is 396. The van der Waals surface area contributed by atoms with Gasteiger partial charge in [0, 0.05) is 19.2 Å². The van der Waals surface area contributed by atoms with E-state index in [2.05, 4.69) is 19.2 Å². The second-order valence-corrected chi connectivity index (χ2v) is 5.81. The van der Waals surface area contributed by atoms with Crippen LogP contribution in [0.4, 0.5) is 4.39 Å². The van der Waals surface area contributed by atoms with Crippen molar-refractivity contribution in [1.82, 2.24) is 5.32 Å². The van der Waals surface area contributed by atoms with E-state index in [-0.39, 0.29) is 12.4 Å². The van der Waals surface area contributed by atoms with Gasteiger partial charge in [0.2, 0.25) is 0 Å². The molecule has 3 nitrogen and oxygen atoms in total. The maximum absolute atomic E-state index is 13.6. The largest absolute Gasteiger partial charge is 0.493 e. The smallest absolute Gasteiger partial charge is 0.127 e. The molecule has 1 rings (SSSR count). The third-order valence-corrected chi connectivity index (χ3v) is 3.13. The van der Waals surface area contributed by atoms with Crippen LogP contribution in [0, 0.1) is 11.7 Å². The minimum Gasteiger partial charge on any atom is -0.493 e. The Morgan fingerprint density at radius 2 is 1.90 bits per heavy atom. The van der Waals surface area contributed by atoms with Crippen LogP contribution in [0.5, 0.6) is 5.75 Å². The molecule has 0 aliphatic carbocycles. The van der Waals surface area contributed by atoms with Gasteiger partial charge >= 0.3 is 0 Å². The number of ether oxygens (including phenoxy) is 1.